The van der Waals surface area contributed by atoms with E-state index in [1.807, 2.05) is 27.0 Å². The maximum Gasteiger partial charge on any atom is 0.0467 e. The summed E-state index contributed by atoms with van der Waals surface area (Å²) < 4.78 is 0.983. The lowest BCUT2D eigenvalue weighted by atomic mass is 10.2. The highest BCUT2D eigenvalue weighted by molar-refractivity contribution is 7.71. The molecule has 2 heteroatoms. The maximum absolute atomic E-state index is 5.16. The van der Waals surface area contributed by atoms with Crippen LogP contribution in [0.5, 0.6) is 0 Å². The Kier molecular flexibility index (Phi) is 1.90. The zero-order valence-electron chi connectivity index (χ0n) is 6.49. The van der Waals surface area contributed by atoms with Gasteiger partial charge in [0.2, 0.25) is 0 Å². The van der Waals surface area contributed by atoms with E-state index in [0.717, 1.165) is 15.8 Å². The number of aromatic amines is 1. The van der Waals surface area contributed by atoms with E-state index in [4.69, 9.17) is 12.2 Å². The lowest BCUT2D eigenvalue weighted by Gasteiger charge is -2.00. The molecule has 0 radical (unpaired) electrons. The molecule has 0 bridgehead atoms. The number of aryl methyl sites for hydroxylation is 2. The fourth-order valence-electron chi connectivity index (χ4n) is 0.856. The van der Waals surface area contributed by atoms with Crippen LogP contribution in [0.25, 0.3) is 0 Å². The van der Waals surface area contributed by atoms with Crippen LogP contribution >= 0.6 is 12.2 Å². The standard InChI is InChI=1S/C8H11NS/c1-5-4-9-7(3)6(2)8(5)10/h4H,1-3H3,(H,9,10). The van der Waals surface area contributed by atoms with Crippen molar-refractivity contribution in [3.8, 4) is 0 Å². The maximum atomic E-state index is 5.16. The summed E-state index contributed by atoms with van der Waals surface area (Å²) >= 11 is 5.16. The molecule has 1 aromatic heterocycles. The molecule has 0 amide bonds. The molecule has 0 saturated heterocycles. The molecular weight excluding hydrogens is 142 g/mol. The predicted molar refractivity (Wildman–Crippen MR) is 45.8 cm³/mol. The van der Waals surface area contributed by atoms with Crippen LogP contribution in [0.2, 0.25) is 0 Å². The first kappa shape index (κ1) is 7.48. The topological polar surface area (TPSA) is 15.8 Å². The zero-order chi connectivity index (χ0) is 7.72. The summed E-state index contributed by atoms with van der Waals surface area (Å²) in [6.45, 7) is 6.09. The molecule has 1 N–H and O–H groups in total. The molecule has 0 aromatic carbocycles. The fraction of sp³-hybridized carbons (Fsp3) is 0.375. The molecule has 1 nitrogen and oxygen atoms in total. The van der Waals surface area contributed by atoms with Crippen molar-refractivity contribution in [2.75, 3.05) is 0 Å². The Morgan fingerprint density at radius 1 is 1.30 bits per heavy atom. The number of aromatic nitrogens is 1. The Labute approximate surface area is 66.1 Å². The van der Waals surface area contributed by atoms with Gasteiger partial charge in [-0.05, 0) is 31.9 Å². The van der Waals surface area contributed by atoms with E-state index in [-0.39, 0.29) is 0 Å². The monoisotopic (exact) mass is 153 g/mol. The highest BCUT2D eigenvalue weighted by atomic mass is 32.1. The SMILES string of the molecule is Cc1[nH]cc(C)c(=S)c1C. The Balaban J connectivity index is 3.50. The molecule has 10 heavy (non-hydrogen) atoms. The van der Waals surface area contributed by atoms with Gasteiger partial charge >= 0.3 is 0 Å². The molecule has 0 aliphatic carbocycles. The first-order chi connectivity index (χ1) is 4.63. The Morgan fingerprint density at radius 2 is 1.90 bits per heavy atom. The molecule has 54 valence electrons. The van der Waals surface area contributed by atoms with Crippen LogP contribution in [0.3, 0.4) is 0 Å². The normalized spacial score (nSPS) is 9.90. The Morgan fingerprint density at radius 3 is 2.40 bits per heavy atom. The van der Waals surface area contributed by atoms with Crippen molar-refractivity contribution in [2.24, 2.45) is 0 Å². The van der Waals surface area contributed by atoms with Crippen molar-refractivity contribution >= 4 is 12.2 Å². The largest absolute Gasteiger partial charge is 0.365 e. The van der Waals surface area contributed by atoms with Gasteiger partial charge in [-0.25, -0.2) is 0 Å². The summed E-state index contributed by atoms with van der Waals surface area (Å²) in [5.41, 5.74) is 3.50. The van der Waals surface area contributed by atoms with Gasteiger partial charge in [-0.2, -0.15) is 0 Å². The summed E-state index contributed by atoms with van der Waals surface area (Å²) in [5, 5.41) is 0. The van der Waals surface area contributed by atoms with Crippen LogP contribution in [-0.2, 0) is 0 Å². The number of nitrogens with one attached hydrogen (secondary N) is 1. The molecule has 0 aliphatic rings. The number of hydrogen-bond acceptors (Lipinski definition) is 1. The second kappa shape index (κ2) is 2.54. The molecule has 0 fully saturated rings. The van der Waals surface area contributed by atoms with Gasteiger partial charge in [0, 0.05) is 16.4 Å². The van der Waals surface area contributed by atoms with E-state index in [9.17, 15) is 0 Å². The van der Waals surface area contributed by atoms with Crippen molar-refractivity contribution in [1.82, 2.24) is 4.98 Å². The van der Waals surface area contributed by atoms with E-state index in [1.54, 1.807) is 0 Å². The highest BCUT2D eigenvalue weighted by Gasteiger charge is 1.95. The molecule has 0 saturated carbocycles. The van der Waals surface area contributed by atoms with Crippen molar-refractivity contribution in [3.63, 3.8) is 0 Å². The van der Waals surface area contributed by atoms with Gasteiger partial charge < -0.3 is 4.98 Å². The minimum atomic E-state index is 0.983. The third-order valence-electron chi connectivity index (χ3n) is 1.77. The third-order valence-corrected chi connectivity index (χ3v) is 2.39. The van der Waals surface area contributed by atoms with E-state index in [1.165, 1.54) is 5.56 Å². The van der Waals surface area contributed by atoms with E-state index < -0.39 is 0 Å². The van der Waals surface area contributed by atoms with E-state index in [0.29, 0.717) is 0 Å². The predicted octanol–water partition coefficient (Wildman–Crippen LogP) is 2.67. The quantitative estimate of drug-likeness (QED) is 0.566. The lowest BCUT2D eigenvalue weighted by molar-refractivity contribution is 1.12. The number of H-pyrrole nitrogens is 1. The average molecular weight is 153 g/mol. The van der Waals surface area contributed by atoms with Gasteiger partial charge in [0.05, 0.1) is 0 Å². The second-order valence-corrected chi connectivity index (χ2v) is 2.96. The van der Waals surface area contributed by atoms with Crippen molar-refractivity contribution in [3.05, 3.63) is 27.5 Å². The van der Waals surface area contributed by atoms with Gasteiger partial charge in [0.1, 0.15) is 0 Å². The van der Waals surface area contributed by atoms with Gasteiger partial charge in [-0.1, -0.05) is 12.2 Å². The molecule has 1 aromatic rings. The highest BCUT2D eigenvalue weighted by Crippen LogP contribution is 2.08. The molecule has 1 heterocycles. The van der Waals surface area contributed by atoms with Gasteiger partial charge in [-0.3, -0.25) is 0 Å². The zero-order valence-corrected chi connectivity index (χ0v) is 7.30. The summed E-state index contributed by atoms with van der Waals surface area (Å²) in [6.07, 6.45) is 1.95. The molecule has 0 aliphatic heterocycles. The molecule has 0 atom stereocenters. The minimum absolute atomic E-state index is 0.983. The van der Waals surface area contributed by atoms with Crippen LogP contribution < -0.4 is 0 Å². The van der Waals surface area contributed by atoms with E-state index >= 15 is 0 Å². The Bertz CT molecular complexity index is 299. The summed E-state index contributed by atoms with van der Waals surface area (Å²) in [5.74, 6) is 0. The van der Waals surface area contributed by atoms with Crippen LogP contribution in [0.1, 0.15) is 16.8 Å². The number of hydrogen-bond donors (Lipinski definition) is 1. The first-order valence-corrected chi connectivity index (χ1v) is 3.69. The van der Waals surface area contributed by atoms with E-state index in [2.05, 4.69) is 4.98 Å². The third kappa shape index (κ3) is 1.12. The van der Waals surface area contributed by atoms with Crippen molar-refractivity contribution in [2.45, 2.75) is 20.8 Å². The number of rotatable bonds is 0. The van der Waals surface area contributed by atoms with Crippen LogP contribution in [0.4, 0.5) is 0 Å². The van der Waals surface area contributed by atoms with Gasteiger partial charge in [0.25, 0.3) is 0 Å². The van der Waals surface area contributed by atoms with Crippen LogP contribution in [0.15, 0.2) is 6.20 Å². The number of pyridine rings is 1. The lowest BCUT2D eigenvalue weighted by Crippen LogP contribution is -1.89. The fourth-order valence-corrected chi connectivity index (χ4v) is 1.07. The minimum Gasteiger partial charge on any atom is -0.365 e. The Hall–Kier alpha value is -0.630. The second-order valence-electron chi connectivity index (χ2n) is 2.55. The summed E-state index contributed by atoms with van der Waals surface area (Å²) in [6, 6.07) is 0. The van der Waals surface area contributed by atoms with Crippen LogP contribution in [-0.4, -0.2) is 4.98 Å². The summed E-state index contributed by atoms with van der Waals surface area (Å²) in [4.78, 5) is 3.14. The van der Waals surface area contributed by atoms with Gasteiger partial charge in [-0.15, -0.1) is 0 Å². The van der Waals surface area contributed by atoms with Crippen LogP contribution in [0, 0.1) is 25.3 Å². The molecule has 0 spiro atoms. The van der Waals surface area contributed by atoms with Crippen molar-refractivity contribution < 1.29 is 0 Å². The summed E-state index contributed by atoms with van der Waals surface area (Å²) in [7, 11) is 0. The molecular formula is C8H11NS. The molecule has 1 rings (SSSR count). The molecule has 0 unspecified atom stereocenters. The van der Waals surface area contributed by atoms with Crippen molar-refractivity contribution in [1.29, 1.82) is 0 Å². The first-order valence-electron chi connectivity index (χ1n) is 3.28. The smallest absolute Gasteiger partial charge is 0.0467 e. The average Bonchev–Trinajstić information content (AvgIpc) is 1.93. The van der Waals surface area contributed by atoms with Gasteiger partial charge in [0.15, 0.2) is 0 Å².